The van der Waals surface area contributed by atoms with Crippen molar-refractivity contribution in [2.24, 2.45) is 0 Å². The summed E-state index contributed by atoms with van der Waals surface area (Å²) in [5.41, 5.74) is 2.38. The van der Waals surface area contributed by atoms with Crippen LogP contribution in [-0.2, 0) is 15.0 Å². The van der Waals surface area contributed by atoms with Gasteiger partial charge in [0.25, 0.3) is 0 Å². The Morgan fingerprint density at radius 2 is 1.78 bits per heavy atom. The van der Waals surface area contributed by atoms with Crippen molar-refractivity contribution in [2.75, 3.05) is 34.8 Å². The van der Waals surface area contributed by atoms with Crippen LogP contribution in [0.15, 0.2) is 42.5 Å². The highest BCUT2D eigenvalue weighted by Crippen LogP contribution is 2.40. The average molecular weight is 387 g/mol. The number of hydrogen-bond acceptors (Lipinski definition) is 5. The molecule has 2 aromatic carbocycles. The van der Waals surface area contributed by atoms with E-state index >= 15 is 0 Å². The number of benzene rings is 2. The van der Waals surface area contributed by atoms with E-state index in [2.05, 4.69) is 5.32 Å². The first-order valence-corrected chi connectivity index (χ1v) is 9.51. The van der Waals surface area contributed by atoms with Gasteiger partial charge >= 0.3 is 10.2 Å². The molecule has 0 aromatic heterocycles. The Hall–Kier alpha value is -3.20. The molecule has 2 aliphatic heterocycles. The number of fused-ring (bicyclic) bond motifs is 2. The Labute approximate surface area is 156 Å². The van der Waals surface area contributed by atoms with Crippen molar-refractivity contribution in [1.82, 2.24) is 0 Å². The molecular weight excluding hydrogens is 370 g/mol. The summed E-state index contributed by atoms with van der Waals surface area (Å²) in [5, 5.41) is 2.74. The van der Waals surface area contributed by atoms with Crippen molar-refractivity contribution in [1.29, 1.82) is 0 Å². The summed E-state index contributed by atoms with van der Waals surface area (Å²) in [6, 6.07) is 10.3. The molecule has 8 nitrogen and oxygen atoms in total. The van der Waals surface area contributed by atoms with Crippen molar-refractivity contribution in [3.8, 4) is 11.5 Å². The molecule has 2 heterocycles. The van der Waals surface area contributed by atoms with Crippen molar-refractivity contribution in [3.63, 3.8) is 0 Å². The highest BCUT2D eigenvalue weighted by molar-refractivity contribution is 7.94. The van der Waals surface area contributed by atoms with Gasteiger partial charge in [-0.3, -0.25) is 13.4 Å². The number of anilines is 3. The number of carbonyl (C=O) groups is 1. The molecule has 1 N–H and O–H groups in total. The van der Waals surface area contributed by atoms with E-state index in [0.29, 0.717) is 28.6 Å². The van der Waals surface area contributed by atoms with Crippen LogP contribution in [0.2, 0.25) is 0 Å². The van der Waals surface area contributed by atoms with Gasteiger partial charge in [-0.05, 0) is 42.0 Å². The molecule has 27 heavy (non-hydrogen) atoms. The van der Waals surface area contributed by atoms with E-state index in [0.717, 1.165) is 5.56 Å². The van der Waals surface area contributed by atoms with Crippen LogP contribution in [0, 0.1) is 0 Å². The number of amides is 1. The first-order chi connectivity index (χ1) is 12.9. The fourth-order valence-corrected chi connectivity index (χ4v) is 4.09. The largest absolute Gasteiger partial charge is 0.454 e. The fourth-order valence-electron chi connectivity index (χ4n) is 2.92. The van der Waals surface area contributed by atoms with Crippen molar-refractivity contribution < 1.29 is 22.7 Å². The number of ether oxygens (including phenoxy) is 2. The summed E-state index contributed by atoms with van der Waals surface area (Å²) >= 11 is 0. The predicted octanol–water partition coefficient (Wildman–Crippen LogP) is 2.20. The van der Waals surface area contributed by atoms with E-state index in [4.69, 9.17) is 9.47 Å². The fraction of sp³-hybridized carbons (Fsp3) is 0.167. The third-order valence-electron chi connectivity index (χ3n) is 4.44. The summed E-state index contributed by atoms with van der Waals surface area (Å²) in [5.74, 6) is 0.993. The highest BCUT2D eigenvalue weighted by atomic mass is 32.2. The van der Waals surface area contributed by atoms with E-state index in [1.165, 1.54) is 28.8 Å². The topological polar surface area (TPSA) is 88.2 Å². The lowest BCUT2D eigenvalue weighted by molar-refractivity contribution is -0.111. The lowest BCUT2D eigenvalue weighted by Crippen LogP contribution is -2.32. The minimum Gasteiger partial charge on any atom is -0.454 e. The quantitative estimate of drug-likeness (QED) is 0.816. The van der Waals surface area contributed by atoms with Crippen LogP contribution in [0.25, 0.3) is 6.08 Å². The first kappa shape index (κ1) is 17.2. The summed E-state index contributed by atoms with van der Waals surface area (Å²) in [4.78, 5) is 12.2. The summed E-state index contributed by atoms with van der Waals surface area (Å²) in [6.07, 6.45) is 3.06. The Bertz CT molecular complexity index is 1060. The lowest BCUT2D eigenvalue weighted by atomic mass is 10.2. The Morgan fingerprint density at radius 1 is 1.04 bits per heavy atom. The van der Waals surface area contributed by atoms with Gasteiger partial charge in [0, 0.05) is 25.9 Å². The SMILES string of the molecule is CN1c2ccc(NC(=O)/C=C/c3ccc4c(c3)OCO4)cc2N(C)S1(=O)=O. The number of hydrogen-bond donors (Lipinski definition) is 1. The first-order valence-electron chi connectivity index (χ1n) is 8.12. The molecule has 0 aliphatic carbocycles. The molecule has 0 atom stereocenters. The van der Waals surface area contributed by atoms with Crippen molar-refractivity contribution >= 4 is 39.3 Å². The average Bonchev–Trinajstić information content (AvgIpc) is 3.18. The molecule has 2 aromatic rings. The molecule has 4 rings (SSSR count). The Morgan fingerprint density at radius 3 is 2.59 bits per heavy atom. The molecular formula is C18H17N3O5S. The standard InChI is InChI=1S/C18H17N3O5S/c1-20-14-6-5-13(10-15(14)21(2)27(20,23)24)19-18(22)8-4-12-3-7-16-17(9-12)26-11-25-16/h3-10H,11H2,1-2H3,(H,19,22)/b8-4+. The van der Waals surface area contributed by atoms with Crippen LogP contribution >= 0.6 is 0 Å². The zero-order valence-corrected chi connectivity index (χ0v) is 15.5. The monoisotopic (exact) mass is 387 g/mol. The van der Waals surface area contributed by atoms with Crippen LogP contribution in [0.4, 0.5) is 17.1 Å². The number of nitrogens with one attached hydrogen (secondary N) is 1. The molecule has 0 radical (unpaired) electrons. The van der Waals surface area contributed by atoms with Gasteiger partial charge in [-0.25, -0.2) is 0 Å². The van der Waals surface area contributed by atoms with Crippen LogP contribution in [-0.4, -0.2) is 35.2 Å². The van der Waals surface area contributed by atoms with Gasteiger partial charge in [0.2, 0.25) is 12.7 Å². The molecule has 9 heteroatoms. The van der Waals surface area contributed by atoms with Crippen LogP contribution < -0.4 is 23.4 Å². The van der Waals surface area contributed by atoms with Gasteiger partial charge in [-0.15, -0.1) is 0 Å². The second kappa shape index (κ2) is 6.20. The summed E-state index contributed by atoms with van der Waals surface area (Å²) in [7, 11) is -0.576. The predicted molar refractivity (Wildman–Crippen MR) is 102 cm³/mol. The smallest absolute Gasteiger partial charge is 0.326 e. The highest BCUT2D eigenvalue weighted by Gasteiger charge is 2.35. The zero-order valence-electron chi connectivity index (χ0n) is 14.7. The van der Waals surface area contributed by atoms with Gasteiger partial charge in [0.15, 0.2) is 11.5 Å². The van der Waals surface area contributed by atoms with E-state index < -0.39 is 10.2 Å². The third kappa shape index (κ3) is 2.95. The molecule has 0 saturated heterocycles. The van der Waals surface area contributed by atoms with Crippen LogP contribution in [0.5, 0.6) is 11.5 Å². The molecule has 1 amide bonds. The summed E-state index contributed by atoms with van der Waals surface area (Å²) < 4.78 is 37.3. The Kier molecular flexibility index (Phi) is 3.96. The van der Waals surface area contributed by atoms with Gasteiger partial charge in [-0.2, -0.15) is 8.42 Å². The second-order valence-electron chi connectivity index (χ2n) is 6.08. The van der Waals surface area contributed by atoms with Crippen molar-refractivity contribution in [2.45, 2.75) is 0 Å². The zero-order chi connectivity index (χ0) is 19.2. The maximum absolute atomic E-state index is 12.2. The molecule has 0 spiro atoms. The summed E-state index contributed by atoms with van der Waals surface area (Å²) in [6.45, 7) is 0.195. The van der Waals surface area contributed by atoms with Gasteiger partial charge in [0.1, 0.15) is 0 Å². The number of nitrogens with zero attached hydrogens (tertiary/aromatic N) is 2. The lowest BCUT2D eigenvalue weighted by Gasteiger charge is -2.13. The van der Waals surface area contributed by atoms with Crippen LogP contribution in [0.3, 0.4) is 0 Å². The van der Waals surface area contributed by atoms with Gasteiger partial charge in [0.05, 0.1) is 11.4 Å². The van der Waals surface area contributed by atoms with E-state index in [1.807, 2.05) is 6.07 Å². The van der Waals surface area contributed by atoms with Crippen LogP contribution in [0.1, 0.15) is 5.56 Å². The molecule has 0 fully saturated rings. The Balaban J connectivity index is 1.49. The van der Waals surface area contributed by atoms with E-state index in [9.17, 15) is 13.2 Å². The molecule has 0 bridgehead atoms. The maximum Gasteiger partial charge on any atom is 0.326 e. The molecule has 140 valence electrons. The van der Waals surface area contributed by atoms with E-state index in [1.54, 1.807) is 36.4 Å². The van der Waals surface area contributed by atoms with Gasteiger partial charge < -0.3 is 14.8 Å². The number of rotatable bonds is 3. The van der Waals surface area contributed by atoms with Crippen molar-refractivity contribution in [3.05, 3.63) is 48.0 Å². The maximum atomic E-state index is 12.2. The van der Waals surface area contributed by atoms with E-state index in [-0.39, 0.29) is 12.7 Å². The number of carbonyl (C=O) groups excluding carboxylic acids is 1. The minimum absolute atomic E-state index is 0.195. The normalized spacial score (nSPS) is 16.7. The van der Waals surface area contributed by atoms with Gasteiger partial charge in [-0.1, -0.05) is 6.07 Å². The molecule has 2 aliphatic rings. The molecule has 0 saturated carbocycles. The minimum atomic E-state index is -3.54. The molecule has 0 unspecified atom stereocenters. The second-order valence-corrected chi connectivity index (χ2v) is 8.07. The third-order valence-corrected chi connectivity index (χ3v) is 6.22.